The fourth-order valence-corrected chi connectivity index (χ4v) is 3.34. The highest BCUT2D eigenvalue weighted by Gasteiger charge is 2.16. The van der Waals surface area contributed by atoms with Gasteiger partial charge in [-0.2, -0.15) is 0 Å². The summed E-state index contributed by atoms with van der Waals surface area (Å²) in [5, 5.41) is 22.4. The minimum absolute atomic E-state index is 0.227. The van der Waals surface area contributed by atoms with Crippen molar-refractivity contribution in [1.82, 2.24) is 15.0 Å². The lowest BCUT2D eigenvalue weighted by molar-refractivity contribution is 0.105. The summed E-state index contributed by atoms with van der Waals surface area (Å²) in [6.45, 7) is -0.0647. The number of nitrogens with zero attached hydrogens (tertiary/aromatic N) is 4. The van der Waals surface area contributed by atoms with Crippen LogP contribution in [0.4, 0.5) is 11.5 Å². The lowest BCUT2D eigenvalue weighted by Gasteiger charge is -2.13. The van der Waals surface area contributed by atoms with Gasteiger partial charge in [-0.25, -0.2) is 15.0 Å². The summed E-state index contributed by atoms with van der Waals surface area (Å²) in [5.74, 6) is 0.644. The number of fused-ring (bicyclic) bond motifs is 3. The molecule has 0 saturated heterocycles. The number of anilines is 2. The Hall–Kier alpha value is -2.03. The molecule has 3 N–H and O–H groups in total. The monoisotopic (exact) mass is 319 g/mol. The summed E-state index contributed by atoms with van der Waals surface area (Å²) in [6, 6.07) is 1.96. The van der Waals surface area contributed by atoms with E-state index in [1.807, 2.05) is 25.1 Å². The molecular weight excluding hydrogens is 302 g/mol. The van der Waals surface area contributed by atoms with Crippen molar-refractivity contribution < 1.29 is 10.2 Å². The molecule has 8 heteroatoms. The molecule has 0 spiro atoms. The second-order valence-corrected chi connectivity index (χ2v) is 6.12. The van der Waals surface area contributed by atoms with Gasteiger partial charge in [-0.1, -0.05) is 0 Å². The molecule has 0 amide bonds. The van der Waals surface area contributed by atoms with Crippen molar-refractivity contribution in [2.75, 3.05) is 37.5 Å². The highest BCUT2D eigenvalue weighted by atomic mass is 32.1. The van der Waals surface area contributed by atoms with E-state index in [2.05, 4.69) is 20.3 Å². The molecule has 22 heavy (non-hydrogen) atoms. The summed E-state index contributed by atoms with van der Waals surface area (Å²) in [6.07, 6.45) is 2.45. The van der Waals surface area contributed by atoms with E-state index in [1.165, 1.54) is 17.7 Å². The third-order valence-corrected chi connectivity index (χ3v) is 4.42. The van der Waals surface area contributed by atoms with Crippen molar-refractivity contribution in [3.63, 3.8) is 0 Å². The standard InChI is InChI=1S/C14H17N5O2S/c1-19(2)9-3-4-15-14-10(9)11-12(22-14)13(18-7-17-11)16-5-8(21)6-20/h3-4,7-8,20-21H,5-6H2,1-2H3,(H,16,17,18)/t8-/m0/s1. The summed E-state index contributed by atoms with van der Waals surface area (Å²) < 4.78 is 0.893. The number of thiophene rings is 1. The zero-order chi connectivity index (χ0) is 15.7. The minimum Gasteiger partial charge on any atom is -0.394 e. The molecule has 0 aliphatic heterocycles. The van der Waals surface area contributed by atoms with E-state index < -0.39 is 6.10 Å². The highest BCUT2D eigenvalue weighted by molar-refractivity contribution is 7.26. The second-order valence-electron chi connectivity index (χ2n) is 5.12. The molecule has 0 fully saturated rings. The fourth-order valence-electron chi connectivity index (χ4n) is 2.26. The molecule has 1 atom stereocenters. The van der Waals surface area contributed by atoms with Crippen LogP contribution in [-0.2, 0) is 0 Å². The van der Waals surface area contributed by atoms with Crippen molar-refractivity contribution in [2.45, 2.75) is 6.10 Å². The van der Waals surface area contributed by atoms with Crippen molar-refractivity contribution in [3.05, 3.63) is 18.6 Å². The predicted molar refractivity (Wildman–Crippen MR) is 88.6 cm³/mol. The van der Waals surface area contributed by atoms with E-state index in [0.29, 0.717) is 5.82 Å². The predicted octanol–water partition coefficient (Wildman–Crippen LogP) is 1.07. The topological polar surface area (TPSA) is 94.4 Å². The van der Waals surface area contributed by atoms with Crippen LogP contribution in [0.15, 0.2) is 18.6 Å². The molecule has 0 aliphatic carbocycles. The number of aliphatic hydroxyl groups is 2. The Balaban J connectivity index is 2.13. The Kier molecular flexibility index (Phi) is 4.06. The molecule has 3 rings (SSSR count). The van der Waals surface area contributed by atoms with Gasteiger partial charge in [0.15, 0.2) is 0 Å². The summed E-state index contributed by atoms with van der Waals surface area (Å²) in [7, 11) is 3.96. The van der Waals surface area contributed by atoms with E-state index in [0.717, 1.165) is 26.1 Å². The third-order valence-electron chi connectivity index (χ3n) is 3.33. The van der Waals surface area contributed by atoms with Crippen LogP contribution < -0.4 is 10.2 Å². The van der Waals surface area contributed by atoms with Gasteiger partial charge in [-0.3, -0.25) is 0 Å². The number of aliphatic hydroxyl groups excluding tert-OH is 2. The Labute approximate surface area is 131 Å². The van der Waals surface area contributed by atoms with Gasteiger partial charge in [-0.15, -0.1) is 11.3 Å². The molecule has 0 aliphatic rings. The van der Waals surface area contributed by atoms with E-state index in [1.54, 1.807) is 6.20 Å². The van der Waals surface area contributed by atoms with Gasteiger partial charge in [0.05, 0.1) is 34.0 Å². The zero-order valence-electron chi connectivity index (χ0n) is 12.3. The zero-order valence-corrected chi connectivity index (χ0v) is 13.1. The summed E-state index contributed by atoms with van der Waals surface area (Å²) >= 11 is 1.51. The van der Waals surface area contributed by atoms with Crippen LogP contribution in [0.1, 0.15) is 0 Å². The SMILES string of the molecule is CN(C)c1ccnc2sc3c(NC[C@H](O)CO)ncnc3c12. The first-order valence-corrected chi connectivity index (χ1v) is 7.65. The molecule has 3 aromatic rings. The molecule has 3 aromatic heterocycles. The number of rotatable bonds is 5. The molecule has 7 nitrogen and oxygen atoms in total. The first kappa shape index (κ1) is 14.9. The van der Waals surface area contributed by atoms with Crippen LogP contribution in [-0.4, -0.2) is 58.5 Å². The van der Waals surface area contributed by atoms with Crippen molar-refractivity contribution in [3.8, 4) is 0 Å². The Morgan fingerprint density at radius 3 is 2.86 bits per heavy atom. The minimum atomic E-state index is -0.824. The van der Waals surface area contributed by atoms with E-state index in [4.69, 9.17) is 5.11 Å². The Morgan fingerprint density at radius 1 is 1.32 bits per heavy atom. The van der Waals surface area contributed by atoms with Crippen LogP contribution in [0.2, 0.25) is 0 Å². The summed E-state index contributed by atoms with van der Waals surface area (Å²) in [5.41, 5.74) is 1.89. The van der Waals surface area contributed by atoms with Gasteiger partial charge in [0.1, 0.15) is 17.0 Å². The van der Waals surface area contributed by atoms with Crippen LogP contribution in [0.5, 0.6) is 0 Å². The van der Waals surface area contributed by atoms with Gasteiger partial charge in [0, 0.05) is 26.8 Å². The van der Waals surface area contributed by atoms with Crippen LogP contribution >= 0.6 is 11.3 Å². The molecule has 3 heterocycles. The molecule has 0 unspecified atom stereocenters. The van der Waals surface area contributed by atoms with E-state index >= 15 is 0 Å². The number of nitrogens with one attached hydrogen (secondary N) is 1. The number of pyridine rings is 1. The molecular formula is C14H17N5O2S. The van der Waals surface area contributed by atoms with Crippen molar-refractivity contribution >= 4 is 43.3 Å². The van der Waals surface area contributed by atoms with Crippen LogP contribution in [0, 0.1) is 0 Å². The van der Waals surface area contributed by atoms with Crippen molar-refractivity contribution in [1.29, 1.82) is 0 Å². The largest absolute Gasteiger partial charge is 0.394 e. The lowest BCUT2D eigenvalue weighted by Crippen LogP contribution is -2.23. The van der Waals surface area contributed by atoms with E-state index in [-0.39, 0.29) is 13.2 Å². The fraction of sp³-hybridized carbons (Fsp3) is 0.357. The molecule has 0 saturated carbocycles. The quantitative estimate of drug-likeness (QED) is 0.647. The molecule has 116 valence electrons. The molecule has 0 aromatic carbocycles. The molecule has 0 bridgehead atoms. The number of hydrogen-bond donors (Lipinski definition) is 3. The first-order chi connectivity index (χ1) is 10.6. The average Bonchev–Trinajstić information content (AvgIpc) is 2.91. The summed E-state index contributed by atoms with van der Waals surface area (Å²) in [4.78, 5) is 16.0. The van der Waals surface area contributed by atoms with Crippen LogP contribution in [0.3, 0.4) is 0 Å². The Bertz CT molecular complexity index is 804. The van der Waals surface area contributed by atoms with Crippen LogP contribution in [0.25, 0.3) is 20.4 Å². The maximum Gasteiger partial charge on any atom is 0.147 e. The normalized spacial score (nSPS) is 12.7. The number of aromatic nitrogens is 3. The van der Waals surface area contributed by atoms with E-state index in [9.17, 15) is 5.11 Å². The maximum atomic E-state index is 9.48. The van der Waals surface area contributed by atoms with Gasteiger partial charge in [0.2, 0.25) is 0 Å². The maximum absolute atomic E-state index is 9.48. The van der Waals surface area contributed by atoms with Gasteiger partial charge < -0.3 is 20.4 Å². The van der Waals surface area contributed by atoms with Crippen molar-refractivity contribution in [2.24, 2.45) is 0 Å². The van der Waals surface area contributed by atoms with Gasteiger partial charge >= 0.3 is 0 Å². The lowest BCUT2D eigenvalue weighted by atomic mass is 10.2. The Morgan fingerprint density at radius 2 is 2.14 bits per heavy atom. The third kappa shape index (κ3) is 2.56. The number of hydrogen-bond acceptors (Lipinski definition) is 8. The van der Waals surface area contributed by atoms with Gasteiger partial charge in [0.25, 0.3) is 0 Å². The first-order valence-electron chi connectivity index (χ1n) is 6.84. The average molecular weight is 319 g/mol. The van der Waals surface area contributed by atoms with Gasteiger partial charge in [-0.05, 0) is 6.07 Å². The second kappa shape index (κ2) is 5.99. The highest BCUT2D eigenvalue weighted by Crippen LogP contribution is 2.38. The molecule has 0 radical (unpaired) electrons. The smallest absolute Gasteiger partial charge is 0.147 e.